The highest BCUT2D eigenvalue weighted by Gasteiger charge is 2.43. The minimum atomic E-state index is -1.48. The van der Waals surface area contributed by atoms with E-state index in [1.807, 2.05) is 0 Å². The van der Waals surface area contributed by atoms with Crippen molar-refractivity contribution >= 4 is 11.0 Å². The summed E-state index contributed by atoms with van der Waals surface area (Å²) in [6, 6.07) is 8.33. The van der Waals surface area contributed by atoms with Crippen LogP contribution in [0.4, 0.5) is 0 Å². The summed E-state index contributed by atoms with van der Waals surface area (Å²) in [5.41, 5.74) is -0.0910. The van der Waals surface area contributed by atoms with Gasteiger partial charge in [-0.2, -0.15) is 0 Å². The predicted molar refractivity (Wildman–Crippen MR) is 141 cm³/mol. The lowest BCUT2D eigenvalue weighted by molar-refractivity contribution is -0.303. The van der Waals surface area contributed by atoms with Crippen molar-refractivity contribution in [2.45, 2.75) is 69.0 Å². The lowest BCUT2D eigenvalue weighted by atomic mass is 10.00. The van der Waals surface area contributed by atoms with Gasteiger partial charge in [-0.25, -0.2) is 0 Å². The third-order valence-electron chi connectivity index (χ3n) is 7.11. The molecule has 13 heteroatoms. The van der Waals surface area contributed by atoms with Gasteiger partial charge < -0.3 is 58.7 Å². The van der Waals surface area contributed by atoms with Gasteiger partial charge in [-0.3, -0.25) is 4.79 Å². The Morgan fingerprint density at radius 3 is 2.44 bits per heavy atom. The smallest absolute Gasteiger partial charge is 0.202 e. The Morgan fingerprint density at radius 2 is 1.71 bits per heavy atom. The van der Waals surface area contributed by atoms with Crippen LogP contribution in [0.3, 0.4) is 0 Å². The number of phenols is 2. The highest BCUT2D eigenvalue weighted by molar-refractivity contribution is 5.86. The van der Waals surface area contributed by atoms with Crippen molar-refractivity contribution in [2.75, 3.05) is 13.7 Å². The molecule has 8 atom stereocenters. The first-order chi connectivity index (χ1) is 19.5. The van der Waals surface area contributed by atoms with E-state index in [-0.39, 0.29) is 59.2 Å². The molecule has 0 bridgehead atoms. The Balaban J connectivity index is 1.31. The number of aliphatic hydroxyl groups excluding tert-OH is 4. The highest BCUT2D eigenvalue weighted by Crippen LogP contribution is 2.35. The summed E-state index contributed by atoms with van der Waals surface area (Å²) in [5.74, 6) is -0.0461. The quantitative estimate of drug-likeness (QED) is 0.233. The van der Waals surface area contributed by atoms with Crippen LogP contribution in [0.15, 0.2) is 45.6 Å². The maximum absolute atomic E-state index is 12.8. The normalized spacial score (nSPS) is 30.3. The Bertz CT molecular complexity index is 1440. The summed E-state index contributed by atoms with van der Waals surface area (Å²) < 4.78 is 33.7. The van der Waals surface area contributed by atoms with Crippen molar-refractivity contribution in [2.24, 2.45) is 0 Å². The van der Waals surface area contributed by atoms with Crippen LogP contribution in [0.5, 0.6) is 23.0 Å². The molecule has 0 saturated carbocycles. The van der Waals surface area contributed by atoms with Crippen molar-refractivity contribution < 1.29 is 58.7 Å². The van der Waals surface area contributed by atoms with E-state index in [0.717, 1.165) is 0 Å². The first-order valence-electron chi connectivity index (χ1n) is 13.0. The largest absolute Gasteiger partial charge is 0.507 e. The van der Waals surface area contributed by atoms with Crippen LogP contribution >= 0.6 is 0 Å². The second-order valence-electron chi connectivity index (χ2n) is 10.1. The maximum Gasteiger partial charge on any atom is 0.202 e. The fourth-order valence-electron chi connectivity index (χ4n) is 4.93. The van der Waals surface area contributed by atoms with E-state index >= 15 is 0 Å². The zero-order chi connectivity index (χ0) is 29.4. The van der Waals surface area contributed by atoms with Crippen molar-refractivity contribution in [1.82, 2.24) is 0 Å². The van der Waals surface area contributed by atoms with Gasteiger partial charge in [0.1, 0.15) is 46.5 Å². The van der Waals surface area contributed by atoms with Gasteiger partial charge in [-0.05, 0) is 25.1 Å². The zero-order valence-corrected chi connectivity index (χ0v) is 22.2. The molecule has 3 heterocycles. The SMILES string of the molecule is COc1ccc(-c2cc(=O)c3c(O)cc(OC4CC(O)CC(CO[C@@H]5OC(C)[C@H](O)C(O)C5O)O4)cc3o2)cc1O. The number of aliphatic hydroxyl groups is 4. The Kier molecular flexibility index (Phi) is 8.38. The molecule has 6 N–H and O–H groups in total. The number of hydrogen-bond acceptors (Lipinski definition) is 13. The van der Waals surface area contributed by atoms with E-state index in [0.29, 0.717) is 5.56 Å². The van der Waals surface area contributed by atoms with E-state index < -0.39 is 54.6 Å². The Labute approximate surface area is 233 Å². The van der Waals surface area contributed by atoms with Gasteiger partial charge >= 0.3 is 0 Å². The molecular weight excluding hydrogens is 544 g/mol. The molecule has 2 aliphatic heterocycles. The third kappa shape index (κ3) is 6.11. The standard InChI is InChI=1S/C28H32O13/c1-12-25(33)26(34)27(35)28(38-12)37-11-16-6-14(29)7-23(40-16)39-15-8-18(31)24-19(32)10-21(41-22(24)9-15)13-3-4-20(36-2)17(30)5-13/h3-5,8-10,12,14,16,23,25-31,33-35H,6-7,11H2,1-2H3/t12?,14?,16?,23?,25-,26?,27?,28+/m0/s1. The van der Waals surface area contributed by atoms with Gasteiger partial charge in [0.05, 0.1) is 32.0 Å². The minimum Gasteiger partial charge on any atom is -0.507 e. The Hall–Kier alpha value is -3.43. The van der Waals surface area contributed by atoms with Gasteiger partial charge in [0.15, 0.2) is 23.2 Å². The molecule has 2 aromatic carbocycles. The summed E-state index contributed by atoms with van der Waals surface area (Å²) >= 11 is 0. The molecule has 2 fully saturated rings. The molecule has 1 aromatic heterocycles. The van der Waals surface area contributed by atoms with E-state index in [2.05, 4.69) is 0 Å². The lowest BCUT2D eigenvalue weighted by Gasteiger charge is -2.40. The molecule has 5 rings (SSSR count). The summed E-state index contributed by atoms with van der Waals surface area (Å²) in [6.45, 7) is 1.41. The number of aromatic hydroxyl groups is 2. The van der Waals surface area contributed by atoms with Crippen LogP contribution in [0.1, 0.15) is 19.8 Å². The topological polar surface area (TPSA) is 198 Å². The predicted octanol–water partition coefficient (Wildman–Crippen LogP) is 0.969. The molecule has 13 nitrogen and oxygen atoms in total. The first-order valence-corrected chi connectivity index (χ1v) is 13.0. The van der Waals surface area contributed by atoms with Crippen LogP contribution in [0.2, 0.25) is 0 Å². The van der Waals surface area contributed by atoms with Gasteiger partial charge in [0.25, 0.3) is 0 Å². The van der Waals surface area contributed by atoms with Crippen molar-refractivity contribution in [3.8, 4) is 34.3 Å². The Morgan fingerprint density at radius 1 is 0.927 bits per heavy atom. The molecule has 3 aromatic rings. The number of fused-ring (bicyclic) bond motifs is 1. The number of benzene rings is 2. The highest BCUT2D eigenvalue weighted by atomic mass is 16.7. The second-order valence-corrected chi connectivity index (χ2v) is 10.1. The molecule has 0 aliphatic carbocycles. The average molecular weight is 577 g/mol. The summed E-state index contributed by atoms with van der Waals surface area (Å²) in [7, 11) is 1.41. The summed E-state index contributed by atoms with van der Waals surface area (Å²) in [5, 5.41) is 61.0. The lowest BCUT2D eigenvalue weighted by Crippen LogP contribution is -2.57. The van der Waals surface area contributed by atoms with Crippen LogP contribution in [0, 0.1) is 0 Å². The second kappa shape index (κ2) is 11.8. The maximum atomic E-state index is 12.8. The van der Waals surface area contributed by atoms with Crippen LogP contribution in [0.25, 0.3) is 22.3 Å². The van der Waals surface area contributed by atoms with E-state index in [4.69, 9.17) is 28.1 Å². The fraction of sp³-hybridized carbons (Fsp3) is 0.464. The molecule has 41 heavy (non-hydrogen) atoms. The van der Waals surface area contributed by atoms with Crippen LogP contribution in [-0.2, 0) is 14.2 Å². The van der Waals surface area contributed by atoms with E-state index in [9.17, 15) is 35.4 Å². The number of phenolic OH excluding ortho intramolecular Hbond substituents is 2. The number of methoxy groups -OCH3 is 1. The van der Waals surface area contributed by atoms with Crippen molar-refractivity contribution in [1.29, 1.82) is 0 Å². The third-order valence-corrected chi connectivity index (χ3v) is 7.11. The van der Waals surface area contributed by atoms with Crippen LogP contribution in [-0.4, -0.2) is 93.6 Å². The van der Waals surface area contributed by atoms with Crippen LogP contribution < -0.4 is 14.9 Å². The van der Waals surface area contributed by atoms with E-state index in [1.54, 1.807) is 6.07 Å². The molecule has 222 valence electrons. The minimum absolute atomic E-state index is 0.0207. The summed E-state index contributed by atoms with van der Waals surface area (Å²) in [6.07, 6.45) is -8.38. The van der Waals surface area contributed by atoms with Gasteiger partial charge in [0.2, 0.25) is 6.29 Å². The van der Waals surface area contributed by atoms with E-state index in [1.165, 1.54) is 44.4 Å². The molecule has 0 amide bonds. The molecule has 0 spiro atoms. The molecule has 2 aliphatic rings. The molecular formula is C28H32O13. The molecule has 2 saturated heterocycles. The van der Waals surface area contributed by atoms with Gasteiger partial charge in [0, 0.05) is 36.6 Å². The van der Waals surface area contributed by atoms with Crippen molar-refractivity contribution in [3.05, 3.63) is 46.6 Å². The average Bonchev–Trinajstić information content (AvgIpc) is 2.92. The number of rotatable bonds is 7. The molecule has 6 unspecified atom stereocenters. The number of ether oxygens (including phenoxy) is 5. The number of hydrogen-bond donors (Lipinski definition) is 6. The fourth-order valence-corrected chi connectivity index (χ4v) is 4.93. The molecule has 0 radical (unpaired) electrons. The zero-order valence-electron chi connectivity index (χ0n) is 22.2. The van der Waals surface area contributed by atoms with Gasteiger partial charge in [-0.1, -0.05) is 0 Å². The van der Waals surface area contributed by atoms with Gasteiger partial charge in [-0.15, -0.1) is 0 Å². The summed E-state index contributed by atoms with van der Waals surface area (Å²) in [4.78, 5) is 12.8. The monoisotopic (exact) mass is 576 g/mol. The van der Waals surface area contributed by atoms with Crippen molar-refractivity contribution in [3.63, 3.8) is 0 Å². The first kappa shape index (κ1) is 29.1.